The van der Waals surface area contributed by atoms with Crippen molar-refractivity contribution >= 4 is 17.5 Å². The molecule has 1 amide bonds. The van der Waals surface area contributed by atoms with Gasteiger partial charge in [-0.1, -0.05) is 11.6 Å². The molecule has 1 aromatic heterocycles. The third kappa shape index (κ3) is 4.84. The molecule has 0 unspecified atom stereocenters. The summed E-state index contributed by atoms with van der Waals surface area (Å²) in [6.07, 6.45) is 3.70. The summed E-state index contributed by atoms with van der Waals surface area (Å²) in [6, 6.07) is 7.23. The highest BCUT2D eigenvalue weighted by atomic mass is 35.5. The quantitative estimate of drug-likeness (QED) is 0.775. The normalized spacial score (nSPS) is 16.4. The summed E-state index contributed by atoms with van der Waals surface area (Å²) < 4.78 is 10.9. The van der Waals surface area contributed by atoms with E-state index in [0.29, 0.717) is 29.8 Å². The fraction of sp³-hybridized carbons (Fsp3) is 0.474. The standard InChI is InChI=1S/C19H24ClN3O3/c1-25-13-19(6-8-21-9-7-19)12-22-17(24)10-16-11-26-18(23-16)14-2-4-15(20)5-3-14/h2-5,11,21H,6-10,12-13H2,1H3,(H,22,24). The van der Waals surface area contributed by atoms with E-state index in [2.05, 4.69) is 15.6 Å². The van der Waals surface area contributed by atoms with E-state index in [4.69, 9.17) is 20.8 Å². The van der Waals surface area contributed by atoms with Crippen LogP contribution in [0, 0.1) is 5.41 Å². The molecule has 6 nitrogen and oxygen atoms in total. The SMILES string of the molecule is COCC1(CNC(=O)Cc2coc(-c3ccc(Cl)cc3)n2)CCNCC1. The number of piperidine rings is 1. The van der Waals surface area contributed by atoms with Crippen molar-refractivity contribution in [2.75, 3.05) is 33.4 Å². The maximum Gasteiger partial charge on any atom is 0.226 e. The molecule has 0 aliphatic carbocycles. The Morgan fingerprint density at radius 2 is 2.08 bits per heavy atom. The molecule has 0 radical (unpaired) electrons. The van der Waals surface area contributed by atoms with Crippen LogP contribution in [0.1, 0.15) is 18.5 Å². The van der Waals surface area contributed by atoms with Crippen molar-refractivity contribution in [1.29, 1.82) is 0 Å². The van der Waals surface area contributed by atoms with Crippen LogP contribution in [0.15, 0.2) is 34.9 Å². The van der Waals surface area contributed by atoms with Crippen LogP contribution in [0.2, 0.25) is 5.02 Å². The highest BCUT2D eigenvalue weighted by Crippen LogP contribution is 2.28. The summed E-state index contributed by atoms with van der Waals surface area (Å²) >= 11 is 5.89. The second kappa shape index (κ2) is 8.66. The number of benzene rings is 1. The average molecular weight is 378 g/mol. The Labute approximate surface area is 158 Å². The van der Waals surface area contributed by atoms with Gasteiger partial charge in [0.1, 0.15) is 6.26 Å². The van der Waals surface area contributed by atoms with Crippen molar-refractivity contribution in [2.45, 2.75) is 19.3 Å². The predicted molar refractivity (Wildman–Crippen MR) is 100 cm³/mol. The zero-order valence-corrected chi connectivity index (χ0v) is 15.6. The molecule has 7 heteroatoms. The first-order valence-electron chi connectivity index (χ1n) is 8.77. The summed E-state index contributed by atoms with van der Waals surface area (Å²) in [5, 5.41) is 7.04. The Bertz CT molecular complexity index is 718. The number of nitrogens with one attached hydrogen (secondary N) is 2. The topological polar surface area (TPSA) is 76.4 Å². The molecule has 1 saturated heterocycles. The van der Waals surface area contributed by atoms with Crippen molar-refractivity contribution in [2.24, 2.45) is 5.41 Å². The molecule has 1 fully saturated rings. The lowest BCUT2D eigenvalue weighted by molar-refractivity contribution is -0.121. The summed E-state index contributed by atoms with van der Waals surface area (Å²) in [6.45, 7) is 3.17. The number of amides is 1. The van der Waals surface area contributed by atoms with E-state index in [0.717, 1.165) is 31.5 Å². The van der Waals surface area contributed by atoms with E-state index in [9.17, 15) is 4.79 Å². The van der Waals surface area contributed by atoms with Gasteiger partial charge < -0.3 is 19.8 Å². The second-order valence-corrected chi connectivity index (χ2v) is 7.22. The molecular weight excluding hydrogens is 354 g/mol. The monoisotopic (exact) mass is 377 g/mol. The molecule has 26 heavy (non-hydrogen) atoms. The van der Waals surface area contributed by atoms with Gasteiger partial charge in [-0.2, -0.15) is 0 Å². The first-order valence-corrected chi connectivity index (χ1v) is 9.15. The minimum Gasteiger partial charge on any atom is -0.444 e. The number of methoxy groups -OCH3 is 1. The summed E-state index contributed by atoms with van der Waals surface area (Å²) in [7, 11) is 1.71. The number of carbonyl (C=O) groups excluding carboxylic acids is 1. The predicted octanol–water partition coefficient (Wildman–Crippen LogP) is 2.67. The van der Waals surface area contributed by atoms with Crippen LogP contribution < -0.4 is 10.6 Å². The van der Waals surface area contributed by atoms with Gasteiger partial charge >= 0.3 is 0 Å². The van der Waals surface area contributed by atoms with Crippen molar-refractivity contribution in [3.8, 4) is 11.5 Å². The molecule has 140 valence electrons. The van der Waals surface area contributed by atoms with Crippen molar-refractivity contribution < 1.29 is 13.9 Å². The number of ether oxygens (including phenoxy) is 1. The minimum atomic E-state index is -0.0602. The van der Waals surface area contributed by atoms with Crippen LogP contribution >= 0.6 is 11.6 Å². The molecule has 0 atom stereocenters. The van der Waals surface area contributed by atoms with Crippen LogP contribution in [-0.2, 0) is 16.0 Å². The minimum absolute atomic E-state index is 0.00789. The van der Waals surface area contributed by atoms with Gasteiger partial charge in [0, 0.05) is 29.7 Å². The van der Waals surface area contributed by atoms with Crippen LogP contribution in [0.3, 0.4) is 0 Å². The number of hydrogen-bond acceptors (Lipinski definition) is 5. The lowest BCUT2D eigenvalue weighted by Gasteiger charge is -2.37. The van der Waals surface area contributed by atoms with E-state index in [1.165, 1.54) is 6.26 Å². The van der Waals surface area contributed by atoms with E-state index < -0.39 is 0 Å². The number of nitrogens with zero attached hydrogens (tertiary/aromatic N) is 1. The fourth-order valence-corrected chi connectivity index (χ4v) is 3.39. The summed E-state index contributed by atoms with van der Waals surface area (Å²) in [5.41, 5.74) is 1.45. The molecule has 1 aliphatic rings. The Hall–Kier alpha value is -1.89. The lowest BCUT2D eigenvalue weighted by atomic mass is 9.79. The lowest BCUT2D eigenvalue weighted by Crippen LogP contribution is -2.47. The molecule has 0 bridgehead atoms. The van der Waals surface area contributed by atoms with Crippen molar-refractivity contribution in [3.05, 3.63) is 41.2 Å². The van der Waals surface area contributed by atoms with Crippen LogP contribution in [0.25, 0.3) is 11.5 Å². The third-order valence-corrected chi connectivity index (χ3v) is 5.01. The number of hydrogen-bond donors (Lipinski definition) is 2. The van der Waals surface area contributed by atoms with E-state index in [1.807, 2.05) is 12.1 Å². The van der Waals surface area contributed by atoms with Crippen LogP contribution in [0.5, 0.6) is 0 Å². The Morgan fingerprint density at radius 1 is 1.35 bits per heavy atom. The number of halogens is 1. The van der Waals surface area contributed by atoms with Gasteiger partial charge in [0.15, 0.2) is 0 Å². The zero-order valence-electron chi connectivity index (χ0n) is 14.9. The molecule has 2 heterocycles. The van der Waals surface area contributed by atoms with Gasteiger partial charge in [0.25, 0.3) is 0 Å². The Kier molecular flexibility index (Phi) is 6.29. The van der Waals surface area contributed by atoms with E-state index in [-0.39, 0.29) is 17.7 Å². The Morgan fingerprint density at radius 3 is 2.77 bits per heavy atom. The molecule has 0 spiro atoms. The largest absolute Gasteiger partial charge is 0.444 e. The molecule has 1 aromatic carbocycles. The highest BCUT2D eigenvalue weighted by molar-refractivity contribution is 6.30. The highest BCUT2D eigenvalue weighted by Gasteiger charge is 2.32. The van der Waals surface area contributed by atoms with Gasteiger partial charge in [-0.25, -0.2) is 4.98 Å². The Balaban J connectivity index is 1.55. The summed E-state index contributed by atoms with van der Waals surface area (Å²) in [5.74, 6) is 0.425. The van der Waals surface area contributed by atoms with Crippen LogP contribution in [0.4, 0.5) is 0 Å². The second-order valence-electron chi connectivity index (χ2n) is 6.79. The van der Waals surface area contributed by atoms with Gasteiger partial charge in [-0.3, -0.25) is 4.79 Å². The molecule has 0 saturated carbocycles. The third-order valence-electron chi connectivity index (χ3n) is 4.76. The maximum atomic E-state index is 12.3. The molecule has 1 aliphatic heterocycles. The van der Waals surface area contributed by atoms with Crippen molar-refractivity contribution in [1.82, 2.24) is 15.6 Å². The van der Waals surface area contributed by atoms with Crippen molar-refractivity contribution in [3.63, 3.8) is 0 Å². The first kappa shape index (κ1) is 18.9. The van der Waals surface area contributed by atoms with Crippen LogP contribution in [-0.4, -0.2) is 44.2 Å². The first-order chi connectivity index (χ1) is 12.6. The van der Waals surface area contributed by atoms with Gasteiger partial charge in [-0.05, 0) is 50.2 Å². The molecular formula is C19H24ClN3O3. The van der Waals surface area contributed by atoms with Gasteiger partial charge in [0.2, 0.25) is 11.8 Å². The molecule has 2 N–H and O–H groups in total. The summed E-state index contributed by atoms with van der Waals surface area (Å²) in [4.78, 5) is 16.7. The zero-order chi connectivity index (χ0) is 18.4. The number of oxazole rings is 1. The average Bonchev–Trinajstić information content (AvgIpc) is 3.10. The van der Waals surface area contributed by atoms with Gasteiger partial charge in [-0.15, -0.1) is 0 Å². The smallest absolute Gasteiger partial charge is 0.226 e. The molecule has 2 aromatic rings. The number of aromatic nitrogens is 1. The van der Waals surface area contributed by atoms with Gasteiger partial charge in [0.05, 0.1) is 18.7 Å². The van der Waals surface area contributed by atoms with E-state index in [1.54, 1.807) is 19.2 Å². The molecule has 3 rings (SSSR count). The van der Waals surface area contributed by atoms with E-state index >= 15 is 0 Å². The number of carbonyl (C=O) groups is 1. The number of rotatable bonds is 7. The fourth-order valence-electron chi connectivity index (χ4n) is 3.26. The maximum absolute atomic E-state index is 12.3.